The molecule has 0 radical (unpaired) electrons. The minimum Gasteiger partial charge on any atom is -0.314 e. The van der Waals surface area contributed by atoms with E-state index in [1.54, 1.807) is 12.4 Å². The first-order chi connectivity index (χ1) is 7.81. The predicted octanol–water partition coefficient (Wildman–Crippen LogP) is 2.60. The fourth-order valence-corrected chi connectivity index (χ4v) is 2.38. The molecular weight excluding hydrogens is 344 g/mol. The second-order valence-corrected chi connectivity index (χ2v) is 4.81. The number of pyridine rings is 1. The summed E-state index contributed by atoms with van der Waals surface area (Å²) in [7, 11) is 0. The molecular formula is C11H17BrCl2FN3. The van der Waals surface area contributed by atoms with Crippen LogP contribution in [0.5, 0.6) is 0 Å². The average molecular weight is 361 g/mol. The molecule has 0 unspecified atom stereocenters. The van der Waals surface area contributed by atoms with Gasteiger partial charge < -0.3 is 5.32 Å². The van der Waals surface area contributed by atoms with Crippen molar-refractivity contribution in [3.63, 3.8) is 0 Å². The molecule has 0 aliphatic carbocycles. The highest BCUT2D eigenvalue weighted by Crippen LogP contribution is 2.23. The van der Waals surface area contributed by atoms with E-state index in [9.17, 15) is 4.39 Å². The second kappa shape index (κ2) is 9.04. The van der Waals surface area contributed by atoms with Crippen molar-refractivity contribution >= 4 is 40.7 Å². The summed E-state index contributed by atoms with van der Waals surface area (Å²) in [5.41, 5.74) is 0.943. The molecule has 1 fully saturated rings. The molecule has 0 bridgehead atoms. The smallest absolute Gasteiger partial charge is 0.109 e. The van der Waals surface area contributed by atoms with Gasteiger partial charge in [-0.05, 0) is 27.6 Å². The Hall–Kier alpha value is 0.0600. The lowest BCUT2D eigenvalue weighted by Gasteiger charge is -2.33. The molecule has 0 amide bonds. The topological polar surface area (TPSA) is 28.2 Å². The number of piperazine rings is 1. The molecule has 1 aromatic heterocycles. The number of nitrogens with zero attached hydrogens (tertiary/aromatic N) is 2. The maximum absolute atomic E-state index is 13.2. The van der Waals surface area contributed by atoms with E-state index < -0.39 is 0 Å². The van der Waals surface area contributed by atoms with Gasteiger partial charge in [-0.2, -0.15) is 0 Å². The van der Waals surface area contributed by atoms with Crippen molar-refractivity contribution in [1.29, 1.82) is 0 Å². The molecule has 0 spiro atoms. The third kappa shape index (κ3) is 4.63. The third-order valence-electron chi connectivity index (χ3n) is 2.85. The van der Waals surface area contributed by atoms with E-state index in [0.29, 0.717) is 0 Å². The van der Waals surface area contributed by atoms with Crippen molar-refractivity contribution in [2.24, 2.45) is 0 Å². The number of halogens is 4. The van der Waals surface area contributed by atoms with Crippen molar-refractivity contribution in [3.8, 4) is 0 Å². The van der Waals surface area contributed by atoms with Gasteiger partial charge in [0.2, 0.25) is 0 Å². The normalized spacial score (nSPS) is 17.4. The summed E-state index contributed by atoms with van der Waals surface area (Å²) in [6.45, 7) is 3.27. The van der Waals surface area contributed by atoms with Crippen LogP contribution in [-0.2, 0) is 0 Å². The number of rotatable bonds is 3. The van der Waals surface area contributed by atoms with Gasteiger partial charge in [0.1, 0.15) is 6.67 Å². The van der Waals surface area contributed by atoms with Crippen molar-refractivity contribution in [1.82, 2.24) is 15.2 Å². The van der Waals surface area contributed by atoms with E-state index in [1.807, 2.05) is 6.07 Å². The maximum atomic E-state index is 13.2. The van der Waals surface area contributed by atoms with Crippen LogP contribution in [0.15, 0.2) is 22.9 Å². The highest BCUT2D eigenvalue weighted by molar-refractivity contribution is 9.10. The minimum absolute atomic E-state index is 0. The lowest BCUT2D eigenvalue weighted by atomic mass is 10.1. The molecule has 1 aromatic rings. The first-order valence-electron chi connectivity index (χ1n) is 5.42. The standard InChI is InChI=1S/C11H15BrFN3.2ClH/c12-10-5-9(7-15-8-10)11(6-13)16-3-1-14-2-4-16;;/h5,7-8,11,14H,1-4,6H2;2*1H/t11-;;/m1../s1. The fourth-order valence-electron chi connectivity index (χ4n) is 2.00. The molecule has 2 rings (SSSR count). The molecule has 104 valence electrons. The van der Waals surface area contributed by atoms with Gasteiger partial charge in [-0.25, -0.2) is 4.39 Å². The van der Waals surface area contributed by atoms with E-state index in [1.165, 1.54) is 0 Å². The lowest BCUT2D eigenvalue weighted by molar-refractivity contribution is 0.147. The Bertz CT molecular complexity index is 351. The Labute approximate surface area is 127 Å². The largest absolute Gasteiger partial charge is 0.314 e. The highest BCUT2D eigenvalue weighted by Gasteiger charge is 2.22. The molecule has 1 atom stereocenters. The van der Waals surface area contributed by atoms with Crippen molar-refractivity contribution in [3.05, 3.63) is 28.5 Å². The first kappa shape index (κ1) is 18.1. The highest BCUT2D eigenvalue weighted by atomic mass is 79.9. The van der Waals surface area contributed by atoms with Gasteiger partial charge in [0, 0.05) is 43.0 Å². The number of hydrogen-bond acceptors (Lipinski definition) is 3. The third-order valence-corrected chi connectivity index (χ3v) is 3.28. The molecule has 0 saturated carbocycles. The van der Waals surface area contributed by atoms with Gasteiger partial charge in [-0.15, -0.1) is 24.8 Å². The summed E-state index contributed by atoms with van der Waals surface area (Å²) in [6.07, 6.45) is 3.47. The Balaban J connectivity index is 0.00000144. The van der Waals surface area contributed by atoms with Crippen LogP contribution >= 0.6 is 40.7 Å². The van der Waals surface area contributed by atoms with E-state index >= 15 is 0 Å². The lowest BCUT2D eigenvalue weighted by Crippen LogP contribution is -2.45. The first-order valence-corrected chi connectivity index (χ1v) is 6.22. The SMILES string of the molecule is Cl.Cl.FC[C@H](c1cncc(Br)c1)N1CCNCC1. The molecule has 2 heterocycles. The number of hydrogen-bond donors (Lipinski definition) is 1. The van der Waals surface area contributed by atoms with E-state index in [4.69, 9.17) is 0 Å². The van der Waals surface area contributed by atoms with Crippen LogP contribution < -0.4 is 5.32 Å². The average Bonchev–Trinajstić information content (AvgIpc) is 2.31. The number of alkyl halides is 1. The monoisotopic (exact) mass is 359 g/mol. The van der Waals surface area contributed by atoms with Crippen LogP contribution in [0.25, 0.3) is 0 Å². The summed E-state index contributed by atoms with van der Waals surface area (Å²) in [5, 5.41) is 3.27. The Morgan fingerprint density at radius 2 is 2.00 bits per heavy atom. The molecule has 1 aliphatic heterocycles. The quantitative estimate of drug-likeness (QED) is 0.897. The molecule has 1 aliphatic rings. The molecule has 7 heteroatoms. The number of aromatic nitrogens is 1. The minimum atomic E-state index is -0.363. The van der Waals surface area contributed by atoms with Gasteiger partial charge in [0.25, 0.3) is 0 Å². The van der Waals surface area contributed by atoms with Gasteiger partial charge >= 0.3 is 0 Å². The molecule has 1 saturated heterocycles. The summed E-state index contributed by atoms with van der Waals surface area (Å²) in [6, 6.07) is 1.78. The summed E-state index contributed by atoms with van der Waals surface area (Å²) in [4.78, 5) is 6.26. The summed E-state index contributed by atoms with van der Waals surface area (Å²) in [5.74, 6) is 0. The predicted molar refractivity (Wildman–Crippen MR) is 79.6 cm³/mol. The van der Waals surface area contributed by atoms with E-state index in [-0.39, 0.29) is 37.5 Å². The van der Waals surface area contributed by atoms with Gasteiger partial charge in [-0.1, -0.05) is 0 Å². The second-order valence-electron chi connectivity index (χ2n) is 3.89. The zero-order chi connectivity index (χ0) is 11.4. The van der Waals surface area contributed by atoms with Gasteiger partial charge in [0.15, 0.2) is 0 Å². The van der Waals surface area contributed by atoms with Crippen LogP contribution in [0.4, 0.5) is 4.39 Å². The van der Waals surface area contributed by atoms with Crippen molar-refractivity contribution in [2.45, 2.75) is 6.04 Å². The zero-order valence-corrected chi connectivity index (χ0v) is 13.0. The van der Waals surface area contributed by atoms with E-state index in [0.717, 1.165) is 36.2 Å². The molecule has 18 heavy (non-hydrogen) atoms. The molecule has 1 N–H and O–H groups in total. The van der Waals surface area contributed by atoms with E-state index in [2.05, 4.69) is 31.1 Å². The zero-order valence-electron chi connectivity index (χ0n) is 9.81. The van der Waals surface area contributed by atoms with Crippen LogP contribution in [0.3, 0.4) is 0 Å². The van der Waals surface area contributed by atoms with Gasteiger partial charge in [-0.3, -0.25) is 9.88 Å². The Morgan fingerprint density at radius 3 is 2.56 bits per heavy atom. The van der Waals surface area contributed by atoms with Crippen molar-refractivity contribution < 1.29 is 4.39 Å². The summed E-state index contributed by atoms with van der Waals surface area (Å²) < 4.78 is 14.1. The fraction of sp³-hybridized carbons (Fsp3) is 0.545. The van der Waals surface area contributed by atoms with Gasteiger partial charge in [0.05, 0.1) is 6.04 Å². The Morgan fingerprint density at radius 1 is 1.33 bits per heavy atom. The molecule has 0 aromatic carbocycles. The summed E-state index contributed by atoms with van der Waals surface area (Å²) >= 11 is 3.37. The number of nitrogens with one attached hydrogen (secondary N) is 1. The van der Waals surface area contributed by atoms with Crippen molar-refractivity contribution in [2.75, 3.05) is 32.9 Å². The maximum Gasteiger partial charge on any atom is 0.109 e. The molecule has 3 nitrogen and oxygen atoms in total. The van der Waals surface area contributed by atoms with Crippen LogP contribution in [0.2, 0.25) is 0 Å². The van der Waals surface area contributed by atoms with Crippen LogP contribution in [0.1, 0.15) is 11.6 Å². The van der Waals surface area contributed by atoms with Crippen LogP contribution in [-0.4, -0.2) is 42.7 Å². The van der Waals surface area contributed by atoms with Crippen LogP contribution in [0, 0.1) is 0 Å². The Kier molecular flexibility index (Phi) is 9.07.